The van der Waals surface area contributed by atoms with E-state index in [4.69, 9.17) is 0 Å². The van der Waals surface area contributed by atoms with E-state index >= 15 is 0 Å². The van der Waals surface area contributed by atoms with E-state index in [1.807, 2.05) is 13.2 Å². The Kier molecular flexibility index (Phi) is 1.98. The summed E-state index contributed by atoms with van der Waals surface area (Å²) >= 11 is 0. The molecule has 1 aromatic rings. The zero-order chi connectivity index (χ0) is 9.42. The Labute approximate surface area is 78.2 Å². The van der Waals surface area contributed by atoms with E-state index in [2.05, 4.69) is 6.92 Å². The van der Waals surface area contributed by atoms with Crippen LogP contribution in [0.15, 0.2) is 11.0 Å². The molecule has 1 aliphatic rings. The molecule has 0 amide bonds. The minimum Gasteiger partial charge on any atom is -0.318 e. The molecule has 0 saturated heterocycles. The molecule has 0 N–H and O–H groups in total. The first-order valence-electron chi connectivity index (χ1n) is 4.94. The fourth-order valence-electron chi connectivity index (χ4n) is 2.22. The van der Waals surface area contributed by atoms with Crippen molar-refractivity contribution in [2.24, 2.45) is 7.05 Å². The highest BCUT2D eigenvalue weighted by Gasteiger charge is 2.18. The molecule has 1 aromatic heterocycles. The van der Waals surface area contributed by atoms with Crippen LogP contribution in [0.2, 0.25) is 0 Å². The summed E-state index contributed by atoms with van der Waals surface area (Å²) in [5.41, 5.74) is 3.98. The molecule has 2 rings (SSSR count). The highest BCUT2D eigenvalue weighted by atomic mass is 16.1. The third-order valence-corrected chi connectivity index (χ3v) is 2.91. The number of aryl methyl sites for hydroxylation is 2. The van der Waals surface area contributed by atoms with Crippen LogP contribution in [0.4, 0.5) is 0 Å². The van der Waals surface area contributed by atoms with Crippen molar-refractivity contribution in [3.8, 4) is 0 Å². The minimum absolute atomic E-state index is 0.213. The van der Waals surface area contributed by atoms with Gasteiger partial charge >= 0.3 is 0 Å². The van der Waals surface area contributed by atoms with Crippen LogP contribution in [0.1, 0.15) is 30.0 Å². The van der Waals surface area contributed by atoms with Crippen LogP contribution < -0.4 is 5.56 Å². The van der Waals surface area contributed by atoms with Crippen LogP contribution >= 0.6 is 0 Å². The van der Waals surface area contributed by atoms with Gasteiger partial charge in [-0.05, 0) is 36.8 Å². The highest BCUT2D eigenvalue weighted by Crippen LogP contribution is 2.22. The number of fused-ring (bicyclic) bond motifs is 1. The van der Waals surface area contributed by atoms with Crippen LogP contribution in [0.5, 0.6) is 0 Å². The number of hydrogen-bond acceptors (Lipinski definition) is 1. The van der Waals surface area contributed by atoms with Crippen LogP contribution in [0.3, 0.4) is 0 Å². The van der Waals surface area contributed by atoms with E-state index in [9.17, 15) is 4.79 Å². The van der Waals surface area contributed by atoms with Crippen LogP contribution in [-0.2, 0) is 26.3 Å². The van der Waals surface area contributed by atoms with Gasteiger partial charge in [-0.3, -0.25) is 4.79 Å². The smallest absolute Gasteiger partial charge is 0.253 e. The summed E-state index contributed by atoms with van der Waals surface area (Å²) in [6.45, 7) is 2.15. The zero-order valence-corrected chi connectivity index (χ0v) is 8.26. The number of nitrogens with zero attached hydrogens (tertiary/aromatic N) is 1. The summed E-state index contributed by atoms with van der Waals surface area (Å²) < 4.78 is 1.73. The Balaban J connectivity index is 2.71. The predicted molar refractivity (Wildman–Crippen MR) is 53.1 cm³/mol. The third-order valence-electron chi connectivity index (χ3n) is 2.91. The fourth-order valence-corrected chi connectivity index (χ4v) is 2.22. The lowest BCUT2D eigenvalue weighted by Crippen LogP contribution is -2.21. The van der Waals surface area contributed by atoms with E-state index < -0.39 is 0 Å². The lowest BCUT2D eigenvalue weighted by molar-refractivity contribution is 0.820. The summed E-state index contributed by atoms with van der Waals surface area (Å²) in [6.07, 6.45) is 6.27. The quantitative estimate of drug-likeness (QED) is 0.636. The van der Waals surface area contributed by atoms with E-state index in [1.54, 1.807) is 4.57 Å². The first-order chi connectivity index (χ1) is 6.24. The molecule has 0 saturated carbocycles. The van der Waals surface area contributed by atoms with Crippen molar-refractivity contribution in [2.45, 2.75) is 32.6 Å². The molecular weight excluding hydrogens is 162 g/mol. The molecule has 0 aliphatic heterocycles. The fraction of sp³-hybridized carbons (Fsp3) is 0.545. The molecule has 1 heterocycles. The maximum Gasteiger partial charge on any atom is 0.253 e. The topological polar surface area (TPSA) is 22.0 Å². The average Bonchev–Trinajstić information content (AvgIpc) is 2.60. The lowest BCUT2D eigenvalue weighted by atomic mass is 10.0. The van der Waals surface area contributed by atoms with Gasteiger partial charge < -0.3 is 4.57 Å². The van der Waals surface area contributed by atoms with Crippen LogP contribution in [0, 0.1) is 0 Å². The SMILES string of the molecule is CCc1cn(C)c(=O)c2c1CCC2. The molecule has 0 bridgehead atoms. The Morgan fingerprint density at radius 2 is 2.08 bits per heavy atom. The number of rotatable bonds is 1. The predicted octanol–water partition coefficient (Wildman–Crippen LogP) is 1.44. The Morgan fingerprint density at radius 1 is 1.38 bits per heavy atom. The first-order valence-corrected chi connectivity index (χ1v) is 4.94. The second-order valence-corrected chi connectivity index (χ2v) is 3.73. The van der Waals surface area contributed by atoms with Crippen molar-refractivity contribution in [1.29, 1.82) is 0 Å². The molecule has 2 nitrogen and oxygen atoms in total. The van der Waals surface area contributed by atoms with Gasteiger partial charge in [0.05, 0.1) is 0 Å². The molecule has 13 heavy (non-hydrogen) atoms. The molecule has 0 aromatic carbocycles. The van der Waals surface area contributed by atoms with Crippen molar-refractivity contribution in [1.82, 2.24) is 4.57 Å². The zero-order valence-electron chi connectivity index (χ0n) is 8.26. The van der Waals surface area contributed by atoms with E-state index in [1.165, 1.54) is 11.1 Å². The van der Waals surface area contributed by atoms with E-state index in [0.29, 0.717) is 0 Å². The number of aromatic nitrogens is 1. The Morgan fingerprint density at radius 3 is 2.77 bits per heavy atom. The standard InChI is InChI=1S/C11H15NO/c1-3-8-7-12(2)11(13)10-6-4-5-9(8)10/h7H,3-6H2,1-2H3. The number of pyridine rings is 1. The summed E-state index contributed by atoms with van der Waals surface area (Å²) in [4.78, 5) is 11.7. The lowest BCUT2D eigenvalue weighted by Gasteiger charge is -2.08. The molecule has 0 radical (unpaired) electrons. The Bertz CT molecular complexity index is 390. The highest BCUT2D eigenvalue weighted by molar-refractivity contribution is 5.35. The van der Waals surface area contributed by atoms with Crippen molar-refractivity contribution in [3.05, 3.63) is 33.2 Å². The molecule has 0 unspecified atom stereocenters. The van der Waals surface area contributed by atoms with Gasteiger partial charge in [-0.15, -0.1) is 0 Å². The molecule has 0 fully saturated rings. The second kappa shape index (κ2) is 3.02. The van der Waals surface area contributed by atoms with Crippen molar-refractivity contribution >= 4 is 0 Å². The van der Waals surface area contributed by atoms with Gasteiger partial charge in [0.2, 0.25) is 0 Å². The average molecular weight is 177 g/mol. The van der Waals surface area contributed by atoms with E-state index in [-0.39, 0.29) is 5.56 Å². The molecule has 70 valence electrons. The summed E-state index contributed by atoms with van der Waals surface area (Å²) in [7, 11) is 1.85. The van der Waals surface area contributed by atoms with Gasteiger partial charge in [0.1, 0.15) is 0 Å². The van der Waals surface area contributed by atoms with Crippen molar-refractivity contribution in [3.63, 3.8) is 0 Å². The van der Waals surface area contributed by atoms with Gasteiger partial charge in [-0.2, -0.15) is 0 Å². The van der Waals surface area contributed by atoms with Crippen LogP contribution in [-0.4, -0.2) is 4.57 Å². The Hall–Kier alpha value is -1.05. The maximum atomic E-state index is 11.7. The maximum absolute atomic E-state index is 11.7. The van der Waals surface area contributed by atoms with Crippen molar-refractivity contribution < 1.29 is 0 Å². The first kappa shape index (κ1) is 8.54. The molecule has 0 spiro atoms. The second-order valence-electron chi connectivity index (χ2n) is 3.73. The molecule has 1 aliphatic carbocycles. The van der Waals surface area contributed by atoms with Gasteiger partial charge in [0, 0.05) is 18.8 Å². The van der Waals surface area contributed by atoms with Crippen LogP contribution in [0.25, 0.3) is 0 Å². The summed E-state index contributed by atoms with van der Waals surface area (Å²) in [5, 5.41) is 0. The third kappa shape index (κ3) is 1.21. The van der Waals surface area contributed by atoms with Gasteiger partial charge in [0.25, 0.3) is 5.56 Å². The van der Waals surface area contributed by atoms with Gasteiger partial charge in [-0.25, -0.2) is 0 Å². The normalized spacial score (nSPS) is 14.6. The largest absolute Gasteiger partial charge is 0.318 e. The molecule has 2 heteroatoms. The van der Waals surface area contributed by atoms with Crippen molar-refractivity contribution in [2.75, 3.05) is 0 Å². The summed E-state index contributed by atoms with van der Waals surface area (Å²) in [5.74, 6) is 0. The van der Waals surface area contributed by atoms with E-state index in [0.717, 1.165) is 31.2 Å². The minimum atomic E-state index is 0.213. The van der Waals surface area contributed by atoms with Gasteiger partial charge in [0.15, 0.2) is 0 Å². The summed E-state index contributed by atoms with van der Waals surface area (Å²) in [6, 6.07) is 0. The van der Waals surface area contributed by atoms with Gasteiger partial charge in [-0.1, -0.05) is 6.92 Å². The number of hydrogen-bond donors (Lipinski definition) is 0. The monoisotopic (exact) mass is 177 g/mol. The molecule has 0 atom stereocenters. The molecular formula is C11H15NO.